The van der Waals surface area contributed by atoms with Crippen molar-refractivity contribution in [1.29, 1.82) is 0 Å². The highest BCUT2D eigenvalue weighted by Gasteiger charge is 2.01. The monoisotopic (exact) mass is 329 g/mol. The lowest BCUT2D eigenvalue weighted by Gasteiger charge is -2.12. The zero-order valence-corrected chi connectivity index (χ0v) is 14.0. The first-order valence-electron chi connectivity index (χ1n) is 8.07. The van der Waals surface area contributed by atoms with E-state index in [1.807, 2.05) is 19.1 Å². The molecule has 0 aliphatic heterocycles. The molecule has 0 atom stereocenters. The summed E-state index contributed by atoms with van der Waals surface area (Å²) in [6.07, 6.45) is 3.26. The Bertz CT molecular complexity index is 648. The molecule has 0 amide bonds. The van der Waals surface area contributed by atoms with Crippen molar-refractivity contribution >= 4 is 5.96 Å². The molecule has 0 radical (unpaired) electrons. The van der Waals surface area contributed by atoms with Gasteiger partial charge in [0.25, 0.3) is 0 Å². The standard InChI is InChI=1S/C19H24FN3O/c1-15(2)14-23-19(22-12-10-18-4-3-13-24-18)21-11-9-16-5-7-17(20)8-6-16/h3-8,13H,1,9-12,14H2,2H3,(H2,21,22,23). The second kappa shape index (κ2) is 9.55. The molecule has 1 heterocycles. The summed E-state index contributed by atoms with van der Waals surface area (Å²) >= 11 is 0. The zero-order chi connectivity index (χ0) is 17.2. The number of furan rings is 1. The van der Waals surface area contributed by atoms with Gasteiger partial charge >= 0.3 is 0 Å². The van der Waals surface area contributed by atoms with Crippen molar-refractivity contribution in [1.82, 2.24) is 10.6 Å². The number of hydrogen-bond donors (Lipinski definition) is 2. The molecule has 0 aliphatic carbocycles. The maximum Gasteiger partial charge on any atom is 0.191 e. The predicted octanol–water partition coefficient (Wildman–Crippen LogP) is 3.32. The Morgan fingerprint density at radius 3 is 2.46 bits per heavy atom. The van der Waals surface area contributed by atoms with E-state index < -0.39 is 0 Å². The van der Waals surface area contributed by atoms with Gasteiger partial charge in [0, 0.05) is 19.5 Å². The number of rotatable bonds is 8. The molecule has 4 nitrogen and oxygen atoms in total. The van der Waals surface area contributed by atoms with Gasteiger partial charge in [0.15, 0.2) is 5.96 Å². The summed E-state index contributed by atoms with van der Waals surface area (Å²) in [6.45, 7) is 7.84. The van der Waals surface area contributed by atoms with E-state index in [0.29, 0.717) is 13.1 Å². The molecule has 2 N–H and O–H groups in total. The second-order valence-electron chi connectivity index (χ2n) is 5.68. The Morgan fingerprint density at radius 1 is 1.12 bits per heavy atom. The van der Waals surface area contributed by atoms with Gasteiger partial charge in [-0.05, 0) is 43.2 Å². The fourth-order valence-corrected chi connectivity index (χ4v) is 2.12. The SMILES string of the molecule is C=C(C)CN=C(NCCc1ccc(F)cc1)NCCc1ccco1. The molecule has 0 aliphatic rings. The van der Waals surface area contributed by atoms with Gasteiger partial charge in [0.2, 0.25) is 0 Å². The fourth-order valence-electron chi connectivity index (χ4n) is 2.12. The summed E-state index contributed by atoms with van der Waals surface area (Å²) in [6, 6.07) is 10.4. The van der Waals surface area contributed by atoms with Gasteiger partial charge in [-0.15, -0.1) is 0 Å². The van der Waals surface area contributed by atoms with E-state index >= 15 is 0 Å². The first-order valence-corrected chi connectivity index (χ1v) is 8.07. The largest absolute Gasteiger partial charge is 0.469 e. The van der Waals surface area contributed by atoms with Crippen molar-refractivity contribution in [3.8, 4) is 0 Å². The highest BCUT2D eigenvalue weighted by Crippen LogP contribution is 2.03. The van der Waals surface area contributed by atoms with Gasteiger partial charge in [-0.1, -0.05) is 24.3 Å². The lowest BCUT2D eigenvalue weighted by atomic mass is 10.1. The molecule has 24 heavy (non-hydrogen) atoms. The normalized spacial score (nSPS) is 11.3. The molecule has 1 aromatic heterocycles. The van der Waals surface area contributed by atoms with Gasteiger partial charge < -0.3 is 15.1 Å². The van der Waals surface area contributed by atoms with Crippen LogP contribution >= 0.6 is 0 Å². The number of nitrogens with zero attached hydrogens (tertiary/aromatic N) is 1. The van der Waals surface area contributed by atoms with E-state index in [1.165, 1.54) is 12.1 Å². The molecule has 0 unspecified atom stereocenters. The Hall–Kier alpha value is -2.56. The number of halogens is 1. The quantitative estimate of drug-likeness (QED) is 0.444. The summed E-state index contributed by atoms with van der Waals surface area (Å²) in [4.78, 5) is 4.49. The second-order valence-corrected chi connectivity index (χ2v) is 5.68. The van der Waals surface area contributed by atoms with Gasteiger partial charge in [-0.25, -0.2) is 9.38 Å². The minimum Gasteiger partial charge on any atom is -0.469 e. The van der Waals surface area contributed by atoms with Crippen molar-refractivity contribution < 1.29 is 8.81 Å². The van der Waals surface area contributed by atoms with E-state index in [-0.39, 0.29) is 5.82 Å². The molecule has 0 saturated carbocycles. The van der Waals surface area contributed by atoms with Gasteiger partial charge in [0.1, 0.15) is 11.6 Å². The minimum atomic E-state index is -0.213. The van der Waals surface area contributed by atoms with Gasteiger partial charge in [-0.3, -0.25) is 0 Å². The van der Waals surface area contributed by atoms with Crippen LogP contribution in [0.5, 0.6) is 0 Å². The van der Waals surface area contributed by atoms with Crippen LogP contribution in [0, 0.1) is 5.82 Å². The van der Waals surface area contributed by atoms with Crippen LogP contribution in [0.4, 0.5) is 4.39 Å². The average molecular weight is 329 g/mol. The van der Waals surface area contributed by atoms with Crippen molar-refractivity contribution in [2.45, 2.75) is 19.8 Å². The lowest BCUT2D eigenvalue weighted by Crippen LogP contribution is -2.39. The Morgan fingerprint density at radius 2 is 1.83 bits per heavy atom. The fraction of sp³-hybridized carbons (Fsp3) is 0.316. The molecular formula is C19H24FN3O. The van der Waals surface area contributed by atoms with Crippen molar-refractivity contribution in [3.63, 3.8) is 0 Å². The smallest absolute Gasteiger partial charge is 0.191 e. The van der Waals surface area contributed by atoms with E-state index in [2.05, 4.69) is 22.2 Å². The molecule has 0 fully saturated rings. The minimum absolute atomic E-state index is 0.213. The van der Waals surface area contributed by atoms with Crippen LogP contribution in [0.1, 0.15) is 18.2 Å². The third-order valence-corrected chi connectivity index (χ3v) is 3.37. The number of benzene rings is 1. The molecule has 128 valence electrons. The van der Waals surface area contributed by atoms with Crippen LogP contribution in [0.3, 0.4) is 0 Å². The molecule has 2 aromatic rings. The third-order valence-electron chi connectivity index (χ3n) is 3.37. The van der Waals surface area contributed by atoms with Crippen LogP contribution in [0.25, 0.3) is 0 Å². The molecule has 0 saturated heterocycles. The van der Waals surface area contributed by atoms with E-state index in [9.17, 15) is 4.39 Å². The summed E-state index contributed by atoms with van der Waals surface area (Å²) in [5.74, 6) is 1.47. The Kier molecular flexibility index (Phi) is 7.08. The summed E-state index contributed by atoms with van der Waals surface area (Å²) < 4.78 is 18.2. The van der Waals surface area contributed by atoms with E-state index in [4.69, 9.17) is 4.42 Å². The number of nitrogens with one attached hydrogen (secondary N) is 2. The summed E-state index contributed by atoms with van der Waals surface area (Å²) in [5.41, 5.74) is 2.08. The van der Waals surface area contributed by atoms with E-state index in [0.717, 1.165) is 42.2 Å². The number of aliphatic imine (C=N–C) groups is 1. The molecule has 1 aromatic carbocycles. The first-order chi connectivity index (χ1) is 11.6. The van der Waals surface area contributed by atoms with Crippen LogP contribution in [0.2, 0.25) is 0 Å². The Balaban J connectivity index is 1.79. The number of guanidine groups is 1. The van der Waals surface area contributed by atoms with Gasteiger partial charge in [-0.2, -0.15) is 0 Å². The van der Waals surface area contributed by atoms with Crippen LogP contribution in [-0.4, -0.2) is 25.6 Å². The molecule has 0 bridgehead atoms. The maximum absolute atomic E-state index is 12.9. The van der Waals surface area contributed by atoms with Crippen LogP contribution in [0.15, 0.2) is 64.2 Å². The number of hydrogen-bond acceptors (Lipinski definition) is 2. The van der Waals surface area contributed by atoms with Crippen LogP contribution in [-0.2, 0) is 12.8 Å². The average Bonchev–Trinajstić information content (AvgIpc) is 3.07. The topological polar surface area (TPSA) is 49.6 Å². The summed E-state index contributed by atoms with van der Waals surface area (Å²) in [7, 11) is 0. The van der Waals surface area contributed by atoms with Crippen molar-refractivity contribution in [2.75, 3.05) is 19.6 Å². The molecule has 5 heteroatoms. The predicted molar refractivity (Wildman–Crippen MR) is 95.6 cm³/mol. The summed E-state index contributed by atoms with van der Waals surface area (Å²) in [5, 5.41) is 6.58. The zero-order valence-electron chi connectivity index (χ0n) is 14.0. The maximum atomic E-state index is 12.9. The third kappa shape index (κ3) is 6.69. The highest BCUT2D eigenvalue weighted by molar-refractivity contribution is 5.79. The molecule has 0 spiro atoms. The highest BCUT2D eigenvalue weighted by atomic mass is 19.1. The van der Waals surface area contributed by atoms with Crippen molar-refractivity contribution in [3.05, 3.63) is 72.0 Å². The molecule has 2 rings (SSSR count). The van der Waals surface area contributed by atoms with Gasteiger partial charge in [0.05, 0.1) is 12.8 Å². The lowest BCUT2D eigenvalue weighted by molar-refractivity contribution is 0.507. The van der Waals surface area contributed by atoms with Crippen molar-refractivity contribution in [2.24, 2.45) is 4.99 Å². The molecular weight excluding hydrogens is 305 g/mol. The first kappa shape index (κ1) is 17.8. The van der Waals surface area contributed by atoms with Crippen LogP contribution < -0.4 is 10.6 Å². The Labute approximate surface area is 142 Å². The van der Waals surface area contributed by atoms with E-state index in [1.54, 1.807) is 18.4 Å².